The molecular weight excluding hydrogens is 310 g/mol. The average molecular weight is 327 g/mol. The molecule has 0 fully saturated rings. The lowest BCUT2D eigenvalue weighted by Crippen LogP contribution is -2.24. The first kappa shape index (κ1) is 15.9. The Morgan fingerprint density at radius 3 is 2.50 bits per heavy atom. The van der Waals surface area contributed by atoms with Crippen LogP contribution in [0.4, 0.5) is 5.69 Å². The first-order valence-corrected chi connectivity index (χ1v) is 7.42. The third-order valence-corrected chi connectivity index (χ3v) is 3.76. The van der Waals surface area contributed by atoms with Crippen molar-refractivity contribution in [2.24, 2.45) is 0 Å². The van der Waals surface area contributed by atoms with E-state index in [4.69, 9.17) is 15.2 Å². The molecule has 2 aromatic rings. The van der Waals surface area contributed by atoms with E-state index in [0.29, 0.717) is 29.0 Å². The fourth-order valence-electron chi connectivity index (χ4n) is 2.69. The highest BCUT2D eigenvalue weighted by atomic mass is 16.5. The van der Waals surface area contributed by atoms with E-state index in [1.807, 2.05) is 13.8 Å². The number of nitrogens with two attached hydrogens (primary N) is 1. The quantitative estimate of drug-likeness (QED) is 0.511. The summed E-state index contributed by atoms with van der Waals surface area (Å²) in [6.07, 6.45) is 0.482. The summed E-state index contributed by atoms with van der Waals surface area (Å²) in [6, 6.07) is 9.17. The second kappa shape index (κ2) is 5.56. The molecule has 3 N–H and O–H groups in total. The molecule has 1 aliphatic heterocycles. The number of rotatable bonds is 3. The van der Waals surface area contributed by atoms with Crippen molar-refractivity contribution >= 4 is 17.6 Å². The Labute approximate surface area is 138 Å². The second-order valence-corrected chi connectivity index (χ2v) is 6.30. The van der Waals surface area contributed by atoms with Crippen LogP contribution >= 0.6 is 0 Å². The van der Waals surface area contributed by atoms with Crippen LogP contribution in [0.1, 0.15) is 40.1 Å². The first-order chi connectivity index (χ1) is 11.2. The fourth-order valence-corrected chi connectivity index (χ4v) is 2.69. The zero-order valence-electron chi connectivity index (χ0n) is 13.3. The van der Waals surface area contributed by atoms with Gasteiger partial charge in [-0.15, -0.1) is 0 Å². The zero-order valence-corrected chi connectivity index (χ0v) is 13.3. The fraction of sp³-hybridized carbons (Fsp3) is 0.222. The van der Waals surface area contributed by atoms with Crippen molar-refractivity contribution in [3.8, 4) is 11.5 Å². The summed E-state index contributed by atoms with van der Waals surface area (Å²) in [5, 5.41) is 9.42. The van der Waals surface area contributed by atoms with E-state index in [0.717, 1.165) is 0 Å². The lowest BCUT2D eigenvalue weighted by Gasteiger charge is -2.16. The van der Waals surface area contributed by atoms with Crippen molar-refractivity contribution in [3.05, 3.63) is 53.1 Å². The summed E-state index contributed by atoms with van der Waals surface area (Å²) in [5.41, 5.74) is 6.64. The van der Waals surface area contributed by atoms with Gasteiger partial charge in [0.25, 0.3) is 0 Å². The molecular formula is C18H17NO5. The Morgan fingerprint density at radius 2 is 1.88 bits per heavy atom. The Morgan fingerprint density at radius 1 is 1.21 bits per heavy atom. The molecule has 1 heterocycles. The van der Waals surface area contributed by atoms with E-state index in [1.165, 1.54) is 6.07 Å². The molecule has 24 heavy (non-hydrogen) atoms. The number of benzene rings is 2. The molecule has 0 radical (unpaired) electrons. The predicted molar refractivity (Wildman–Crippen MR) is 87.6 cm³/mol. The highest BCUT2D eigenvalue weighted by Gasteiger charge is 2.34. The van der Waals surface area contributed by atoms with E-state index in [9.17, 15) is 14.7 Å². The molecule has 6 heteroatoms. The van der Waals surface area contributed by atoms with Crippen LogP contribution < -0.4 is 15.2 Å². The number of esters is 1. The number of nitrogen functional groups attached to an aromatic ring is 1. The summed E-state index contributed by atoms with van der Waals surface area (Å²) in [5.74, 6) is -1.12. The molecule has 0 aliphatic carbocycles. The molecule has 0 saturated carbocycles. The van der Waals surface area contributed by atoms with Gasteiger partial charge in [-0.2, -0.15) is 0 Å². The van der Waals surface area contributed by atoms with Crippen molar-refractivity contribution < 1.29 is 24.2 Å². The minimum Gasteiger partial charge on any atom is -0.487 e. The molecule has 0 spiro atoms. The third kappa shape index (κ3) is 3.03. The molecule has 2 aromatic carbocycles. The summed E-state index contributed by atoms with van der Waals surface area (Å²) < 4.78 is 11.1. The van der Waals surface area contributed by atoms with Crippen molar-refractivity contribution in [1.29, 1.82) is 0 Å². The van der Waals surface area contributed by atoms with Gasteiger partial charge >= 0.3 is 11.9 Å². The van der Waals surface area contributed by atoms with Gasteiger partial charge < -0.3 is 20.3 Å². The van der Waals surface area contributed by atoms with Crippen LogP contribution in [-0.2, 0) is 6.42 Å². The molecule has 1 aliphatic rings. The zero-order chi connectivity index (χ0) is 17.5. The lowest BCUT2D eigenvalue weighted by molar-refractivity contribution is 0.0686. The van der Waals surface area contributed by atoms with Gasteiger partial charge in [-0.1, -0.05) is 0 Å². The molecule has 124 valence electrons. The molecule has 0 unspecified atom stereocenters. The van der Waals surface area contributed by atoms with Crippen molar-refractivity contribution in [2.45, 2.75) is 25.9 Å². The molecule has 0 saturated heterocycles. The number of anilines is 1. The van der Waals surface area contributed by atoms with Crippen molar-refractivity contribution in [2.75, 3.05) is 5.73 Å². The largest absolute Gasteiger partial charge is 0.487 e. The molecule has 0 aromatic heterocycles. The average Bonchev–Trinajstić information content (AvgIpc) is 2.80. The maximum absolute atomic E-state index is 12.2. The van der Waals surface area contributed by atoms with E-state index >= 15 is 0 Å². The SMILES string of the molecule is CC1(C)Cc2c(cc(OC(=O)c3ccc(N)cc3)cc2C(=O)O)O1. The van der Waals surface area contributed by atoms with E-state index in [2.05, 4.69) is 0 Å². The van der Waals surface area contributed by atoms with Gasteiger partial charge in [-0.25, -0.2) is 9.59 Å². The van der Waals surface area contributed by atoms with Crippen LogP contribution in [0, 0.1) is 0 Å². The number of hydrogen-bond acceptors (Lipinski definition) is 5. The molecule has 0 atom stereocenters. The van der Waals surface area contributed by atoms with Crippen molar-refractivity contribution in [1.82, 2.24) is 0 Å². The lowest BCUT2D eigenvalue weighted by atomic mass is 9.97. The van der Waals surface area contributed by atoms with Gasteiger partial charge in [-0.3, -0.25) is 0 Å². The molecule has 6 nitrogen and oxygen atoms in total. The minimum absolute atomic E-state index is 0.0816. The number of carboxylic acids is 1. The van der Waals surface area contributed by atoms with Crippen LogP contribution in [0.25, 0.3) is 0 Å². The number of carboxylic acid groups (broad SMARTS) is 1. The van der Waals surface area contributed by atoms with Crippen LogP contribution in [0.15, 0.2) is 36.4 Å². The Bertz CT molecular complexity index is 824. The highest BCUT2D eigenvalue weighted by Crippen LogP contribution is 2.40. The minimum atomic E-state index is -1.09. The number of ether oxygens (including phenoxy) is 2. The van der Waals surface area contributed by atoms with Crippen molar-refractivity contribution in [3.63, 3.8) is 0 Å². The van der Waals surface area contributed by atoms with Gasteiger partial charge in [0.05, 0.1) is 11.1 Å². The molecule has 0 amide bonds. The van der Waals surface area contributed by atoms with E-state index in [-0.39, 0.29) is 11.3 Å². The maximum atomic E-state index is 12.2. The number of fused-ring (bicyclic) bond motifs is 1. The van der Waals surface area contributed by atoms with Gasteiger partial charge in [0.15, 0.2) is 0 Å². The van der Waals surface area contributed by atoms with E-state index in [1.54, 1.807) is 30.3 Å². The number of carbonyl (C=O) groups is 2. The third-order valence-electron chi connectivity index (χ3n) is 3.76. The normalized spacial score (nSPS) is 14.6. The Balaban J connectivity index is 1.92. The summed E-state index contributed by atoms with van der Waals surface area (Å²) in [4.78, 5) is 23.7. The van der Waals surface area contributed by atoms with Gasteiger partial charge in [0, 0.05) is 23.7 Å². The topological polar surface area (TPSA) is 98.9 Å². The first-order valence-electron chi connectivity index (χ1n) is 7.42. The van der Waals surface area contributed by atoms with Gasteiger partial charge in [0.1, 0.15) is 17.1 Å². The molecule has 3 rings (SSSR count). The Hall–Kier alpha value is -3.02. The smallest absolute Gasteiger partial charge is 0.343 e. The monoisotopic (exact) mass is 327 g/mol. The highest BCUT2D eigenvalue weighted by molar-refractivity contribution is 5.93. The number of hydrogen-bond donors (Lipinski definition) is 2. The Kier molecular flexibility index (Phi) is 3.67. The molecule has 0 bridgehead atoms. The number of aromatic carboxylic acids is 1. The number of carbonyl (C=O) groups excluding carboxylic acids is 1. The van der Waals surface area contributed by atoms with Gasteiger partial charge in [0.2, 0.25) is 0 Å². The second-order valence-electron chi connectivity index (χ2n) is 6.30. The standard InChI is InChI=1S/C18H17NO5/c1-18(2)9-14-13(16(20)21)7-12(8-15(14)24-18)23-17(22)10-3-5-11(19)6-4-10/h3-8H,9,19H2,1-2H3,(H,20,21). The van der Waals surface area contributed by atoms with Crippen LogP contribution in [-0.4, -0.2) is 22.6 Å². The van der Waals surface area contributed by atoms with Crippen LogP contribution in [0.5, 0.6) is 11.5 Å². The summed E-state index contributed by atoms with van der Waals surface area (Å²) in [7, 11) is 0. The summed E-state index contributed by atoms with van der Waals surface area (Å²) in [6.45, 7) is 3.75. The summed E-state index contributed by atoms with van der Waals surface area (Å²) >= 11 is 0. The maximum Gasteiger partial charge on any atom is 0.343 e. The van der Waals surface area contributed by atoms with E-state index < -0.39 is 17.5 Å². The van der Waals surface area contributed by atoms with Crippen LogP contribution in [0.2, 0.25) is 0 Å². The predicted octanol–water partition coefficient (Wildman–Crippen LogP) is 2.90. The van der Waals surface area contributed by atoms with Crippen LogP contribution in [0.3, 0.4) is 0 Å². The van der Waals surface area contributed by atoms with Gasteiger partial charge in [-0.05, 0) is 44.2 Å².